The molecule has 1 heterocycles. The second kappa shape index (κ2) is 7.67. The summed E-state index contributed by atoms with van der Waals surface area (Å²) < 4.78 is 27.1. The molecule has 2 N–H and O–H groups in total. The summed E-state index contributed by atoms with van der Waals surface area (Å²) in [6, 6.07) is 6.80. The molecule has 2 rings (SSSR count). The number of anilines is 3. The lowest BCUT2D eigenvalue weighted by Crippen LogP contribution is -2.21. The molecule has 0 fully saturated rings. The topological polar surface area (TPSA) is 54.0 Å². The van der Waals surface area contributed by atoms with Gasteiger partial charge in [-0.25, -0.2) is 13.8 Å². The van der Waals surface area contributed by atoms with Gasteiger partial charge in [-0.1, -0.05) is 19.9 Å². The number of para-hydroxylation sites is 1. The van der Waals surface area contributed by atoms with Crippen molar-refractivity contribution in [2.45, 2.75) is 26.7 Å². The van der Waals surface area contributed by atoms with Gasteiger partial charge < -0.3 is 10.6 Å². The zero-order valence-electron chi connectivity index (χ0n) is 13.1. The molecule has 0 aliphatic rings. The van der Waals surface area contributed by atoms with Crippen LogP contribution in [0.2, 0.25) is 0 Å². The molecule has 0 bridgehead atoms. The first-order chi connectivity index (χ1) is 11.0. The van der Waals surface area contributed by atoms with Gasteiger partial charge in [-0.15, -0.1) is 0 Å². The van der Waals surface area contributed by atoms with Crippen LogP contribution >= 0.6 is 0 Å². The van der Waals surface area contributed by atoms with Crippen molar-refractivity contribution in [3.8, 4) is 0 Å². The van der Waals surface area contributed by atoms with Gasteiger partial charge in [0, 0.05) is 5.92 Å². The monoisotopic (exact) mass is 319 g/mol. The van der Waals surface area contributed by atoms with Crippen LogP contribution in [0.25, 0.3) is 0 Å². The minimum Gasteiger partial charge on any atom is -0.335 e. The van der Waals surface area contributed by atoms with E-state index >= 15 is 0 Å². The minimum atomic E-state index is -0.696. The number of aromatic nitrogens is 1. The van der Waals surface area contributed by atoms with Crippen LogP contribution in [-0.4, -0.2) is 10.9 Å². The standard InChI is InChI=1S/C17H19F2N3O/c1-3-11(4-2)17(23)21-12-8-9-15(20-10-12)22-16-13(18)6-5-7-14(16)19/h5-11H,3-4H2,1-2H3,(H,20,22)(H,21,23). The molecule has 0 saturated heterocycles. The maximum absolute atomic E-state index is 13.6. The minimum absolute atomic E-state index is 0.0414. The van der Waals surface area contributed by atoms with Crippen molar-refractivity contribution in [1.82, 2.24) is 4.98 Å². The first-order valence-electron chi connectivity index (χ1n) is 7.53. The van der Waals surface area contributed by atoms with E-state index in [4.69, 9.17) is 0 Å². The van der Waals surface area contributed by atoms with Crippen molar-refractivity contribution in [3.05, 3.63) is 48.2 Å². The van der Waals surface area contributed by atoms with Crippen molar-refractivity contribution < 1.29 is 13.6 Å². The number of carbonyl (C=O) groups excluding carboxylic acids is 1. The first kappa shape index (κ1) is 16.9. The summed E-state index contributed by atoms with van der Waals surface area (Å²) in [5.41, 5.74) is 0.287. The van der Waals surface area contributed by atoms with Gasteiger partial charge >= 0.3 is 0 Å². The SMILES string of the molecule is CCC(CC)C(=O)Nc1ccc(Nc2c(F)cccc2F)nc1. The fourth-order valence-electron chi connectivity index (χ4n) is 2.19. The molecule has 0 aliphatic carbocycles. The largest absolute Gasteiger partial charge is 0.335 e. The number of halogens is 2. The van der Waals surface area contributed by atoms with Crippen LogP contribution in [-0.2, 0) is 4.79 Å². The highest BCUT2D eigenvalue weighted by Crippen LogP contribution is 2.22. The summed E-state index contributed by atoms with van der Waals surface area (Å²) in [5, 5.41) is 5.37. The summed E-state index contributed by atoms with van der Waals surface area (Å²) in [7, 11) is 0. The van der Waals surface area contributed by atoms with E-state index in [0.29, 0.717) is 5.69 Å². The molecule has 1 aromatic carbocycles. The molecule has 2 aromatic rings. The van der Waals surface area contributed by atoms with Gasteiger partial charge in [-0.3, -0.25) is 4.79 Å². The van der Waals surface area contributed by atoms with E-state index in [1.54, 1.807) is 12.1 Å². The van der Waals surface area contributed by atoms with Crippen molar-refractivity contribution >= 4 is 23.1 Å². The lowest BCUT2D eigenvalue weighted by Gasteiger charge is -2.13. The van der Waals surface area contributed by atoms with E-state index in [1.165, 1.54) is 12.3 Å². The van der Waals surface area contributed by atoms with Crippen LogP contribution in [0, 0.1) is 17.6 Å². The van der Waals surface area contributed by atoms with Gasteiger partial charge in [0.15, 0.2) is 0 Å². The van der Waals surface area contributed by atoms with Gasteiger partial charge in [0.2, 0.25) is 5.91 Å². The summed E-state index contributed by atoms with van der Waals surface area (Å²) in [5.74, 6) is -1.21. The molecule has 23 heavy (non-hydrogen) atoms. The highest BCUT2D eigenvalue weighted by Gasteiger charge is 2.14. The fraction of sp³-hybridized carbons (Fsp3) is 0.294. The van der Waals surface area contributed by atoms with Crippen LogP contribution in [0.15, 0.2) is 36.5 Å². The van der Waals surface area contributed by atoms with Crippen LogP contribution in [0.3, 0.4) is 0 Å². The second-order valence-corrected chi connectivity index (χ2v) is 5.16. The molecule has 0 spiro atoms. The van der Waals surface area contributed by atoms with E-state index in [9.17, 15) is 13.6 Å². The number of nitrogens with zero attached hydrogens (tertiary/aromatic N) is 1. The number of hydrogen-bond donors (Lipinski definition) is 2. The zero-order chi connectivity index (χ0) is 16.8. The number of carbonyl (C=O) groups is 1. The van der Waals surface area contributed by atoms with Gasteiger partial charge in [0.05, 0.1) is 11.9 Å². The highest BCUT2D eigenvalue weighted by molar-refractivity contribution is 5.92. The lowest BCUT2D eigenvalue weighted by molar-refractivity contribution is -0.120. The Kier molecular flexibility index (Phi) is 5.62. The Labute approximate surface area is 133 Å². The number of nitrogens with one attached hydrogen (secondary N) is 2. The molecule has 1 aromatic heterocycles. The quantitative estimate of drug-likeness (QED) is 0.825. The van der Waals surface area contributed by atoms with Crippen molar-refractivity contribution in [1.29, 1.82) is 0 Å². The Bertz CT molecular complexity index is 650. The normalized spacial score (nSPS) is 10.7. The number of hydrogen-bond acceptors (Lipinski definition) is 3. The maximum atomic E-state index is 13.6. The van der Waals surface area contributed by atoms with E-state index in [0.717, 1.165) is 25.0 Å². The smallest absolute Gasteiger partial charge is 0.227 e. The Balaban J connectivity index is 2.07. The van der Waals surface area contributed by atoms with E-state index < -0.39 is 11.6 Å². The van der Waals surface area contributed by atoms with Crippen molar-refractivity contribution in [2.75, 3.05) is 10.6 Å². The Morgan fingerprint density at radius 2 is 1.78 bits per heavy atom. The predicted molar refractivity (Wildman–Crippen MR) is 86.6 cm³/mol. The average Bonchev–Trinajstić information content (AvgIpc) is 2.54. The Morgan fingerprint density at radius 3 is 2.30 bits per heavy atom. The molecule has 122 valence electrons. The van der Waals surface area contributed by atoms with Crippen LogP contribution in [0.5, 0.6) is 0 Å². The summed E-state index contributed by atoms with van der Waals surface area (Å²) in [6.07, 6.45) is 2.98. The third-order valence-electron chi connectivity index (χ3n) is 3.60. The van der Waals surface area contributed by atoms with Crippen molar-refractivity contribution in [3.63, 3.8) is 0 Å². The molecule has 0 saturated carbocycles. The van der Waals surface area contributed by atoms with E-state index in [2.05, 4.69) is 15.6 Å². The second-order valence-electron chi connectivity index (χ2n) is 5.16. The van der Waals surface area contributed by atoms with E-state index in [1.807, 2.05) is 13.8 Å². The summed E-state index contributed by atoms with van der Waals surface area (Å²) >= 11 is 0. The number of benzene rings is 1. The number of pyridine rings is 1. The number of rotatable bonds is 6. The third-order valence-corrected chi connectivity index (χ3v) is 3.60. The van der Waals surface area contributed by atoms with Crippen LogP contribution in [0.4, 0.5) is 26.0 Å². The van der Waals surface area contributed by atoms with E-state index in [-0.39, 0.29) is 23.3 Å². The number of amides is 1. The first-order valence-corrected chi connectivity index (χ1v) is 7.53. The molecule has 0 atom stereocenters. The Morgan fingerprint density at radius 1 is 1.13 bits per heavy atom. The molecular weight excluding hydrogens is 300 g/mol. The molecule has 4 nitrogen and oxygen atoms in total. The molecular formula is C17H19F2N3O. The maximum Gasteiger partial charge on any atom is 0.227 e. The molecule has 0 aliphatic heterocycles. The molecule has 0 unspecified atom stereocenters. The van der Waals surface area contributed by atoms with Crippen LogP contribution < -0.4 is 10.6 Å². The van der Waals surface area contributed by atoms with Gasteiger partial charge in [-0.2, -0.15) is 0 Å². The third kappa shape index (κ3) is 4.25. The van der Waals surface area contributed by atoms with Crippen molar-refractivity contribution in [2.24, 2.45) is 5.92 Å². The summed E-state index contributed by atoms with van der Waals surface area (Å²) in [6.45, 7) is 3.92. The average molecular weight is 319 g/mol. The van der Waals surface area contributed by atoms with Gasteiger partial charge in [0.1, 0.15) is 23.1 Å². The lowest BCUT2D eigenvalue weighted by atomic mass is 10.0. The molecule has 1 amide bonds. The highest BCUT2D eigenvalue weighted by atomic mass is 19.1. The van der Waals surface area contributed by atoms with Crippen LogP contribution in [0.1, 0.15) is 26.7 Å². The zero-order valence-corrected chi connectivity index (χ0v) is 13.1. The Hall–Kier alpha value is -2.50. The van der Waals surface area contributed by atoms with Gasteiger partial charge in [-0.05, 0) is 37.1 Å². The predicted octanol–water partition coefficient (Wildman–Crippen LogP) is 4.48. The van der Waals surface area contributed by atoms with Gasteiger partial charge in [0.25, 0.3) is 0 Å². The molecule has 6 heteroatoms. The molecule has 0 radical (unpaired) electrons. The fourth-order valence-corrected chi connectivity index (χ4v) is 2.19. The summed E-state index contributed by atoms with van der Waals surface area (Å²) in [4.78, 5) is 16.0.